The normalized spacial score (nSPS) is 13.5. The molecule has 0 bridgehead atoms. The van der Waals surface area contributed by atoms with Crippen LogP contribution in [-0.2, 0) is 9.53 Å². The molecule has 0 atom stereocenters. The van der Waals surface area contributed by atoms with Gasteiger partial charge in [0.2, 0.25) is 0 Å². The number of rotatable bonds is 7. The fraction of sp³-hybridized carbons (Fsp3) is 0.240. The molecular weight excluding hydrogens is 406 g/mol. The Morgan fingerprint density at radius 3 is 2.31 bits per heavy atom. The molecule has 2 aromatic carbocycles. The van der Waals surface area contributed by atoms with E-state index in [1.807, 2.05) is 29.1 Å². The SMILES string of the molecule is O=C(COC(=O)c1ccc(-n2cccc2)cc1)Nc1ccccc1C(=O)NC1CCCC1. The minimum atomic E-state index is -0.591. The van der Waals surface area contributed by atoms with Crippen molar-refractivity contribution >= 4 is 23.5 Å². The Kier molecular flexibility index (Phi) is 6.65. The first-order valence-electron chi connectivity index (χ1n) is 10.7. The Balaban J connectivity index is 1.32. The second kappa shape index (κ2) is 9.96. The number of esters is 1. The predicted octanol–water partition coefficient (Wildman–Crippen LogP) is 3.95. The van der Waals surface area contributed by atoms with Gasteiger partial charge in [0.25, 0.3) is 11.8 Å². The molecule has 1 heterocycles. The Morgan fingerprint density at radius 1 is 0.906 bits per heavy atom. The molecule has 164 valence electrons. The first kappa shape index (κ1) is 21.4. The summed E-state index contributed by atoms with van der Waals surface area (Å²) >= 11 is 0. The van der Waals surface area contributed by atoms with E-state index in [0.717, 1.165) is 31.4 Å². The van der Waals surface area contributed by atoms with E-state index in [9.17, 15) is 14.4 Å². The topological polar surface area (TPSA) is 89.4 Å². The lowest BCUT2D eigenvalue weighted by atomic mass is 10.1. The van der Waals surface area contributed by atoms with Crippen molar-refractivity contribution in [1.82, 2.24) is 9.88 Å². The lowest BCUT2D eigenvalue weighted by molar-refractivity contribution is -0.119. The Labute approximate surface area is 186 Å². The number of amides is 2. The number of para-hydroxylation sites is 1. The van der Waals surface area contributed by atoms with Gasteiger partial charge >= 0.3 is 5.97 Å². The zero-order chi connectivity index (χ0) is 22.3. The molecule has 4 rings (SSSR count). The summed E-state index contributed by atoms with van der Waals surface area (Å²) in [5.41, 5.74) is 2.04. The van der Waals surface area contributed by atoms with E-state index in [1.165, 1.54) is 0 Å². The van der Waals surface area contributed by atoms with Gasteiger partial charge in [0.1, 0.15) is 0 Å². The number of ether oxygens (including phenoxy) is 1. The van der Waals surface area contributed by atoms with Gasteiger partial charge in [-0.15, -0.1) is 0 Å². The number of anilines is 1. The highest BCUT2D eigenvalue weighted by Gasteiger charge is 2.20. The molecule has 2 amide bonds. The summed E-state index contributed by atoms with van der Waals surface area (Å²) in [7, 11) is 0. The number of hydrogen-bond donors (Lipinski definition) is 2. The van der Waals surface area contributed by atoms with Crippen molar-refractivity contribution in [3.8, 4) is 5.69 Å². The van der Waals surface area contributed by atoms with Crippen LogP contribution in [-0.4, -0.2) is 35.0 Å². The quantitative estimate of drug-likeness (QED) is 0.555. The number of hydrogen-bond acceptors (Lipinski definition) is 4. The molecule has 0 aliphatic heterocycles. The summed E-state index contributed by atoms with van der Waals surface area (Å²) in [5, 5.41) is 5.69. The maximum Gasteiger partial charge on any atom is 0.338 e. The summed E-state index contributed by atoms with van der Waals surface area (Å²) in [5.74, 6) is -1.32. The van der Waals surface area contributed by atoms with Gasteiger partial charge in [-0.3, -0.25) is 9.59 Å². The number of carbonyl (C=O) groups is 3. The molecule has 7 nitrogen and oxygen atoms in total. The minimum Gasteiger partial charge on any atom is -0.452 e. The molecule has 1 aliphatic carbocycles. The lowest BCUT2D eigenvalue weighted by Gasteiger charge is -2.15. The molecule has 32 heavy (non-hydrogen) atoms. The summed E-state index contributed by atoms with van der Waals surface area (Å²) in [4.78, 5) is 37.3. The number of carbonyl (C=O) groups excluding carboxylic acids is 3. The first-order chi connectivity index (χ1) is 15.6. The van der Waals surface area contributed by atoms with Gasteiger partial charge in [0.15, 0.2) is 6.61 Å². The zero-order valence-corrected chi connectivity index (χ0v) is 17.6. The van der Waals surface area contributed by atoms with Crippen molar-refractivity contribution in [2.24, 2.45) is 0 Å². The van der Waals surface area contributed by atoms with Crippen molar-refractivity contribution in [2.75, 3.05) is 11.9 Å². The van der Waals surface area contributed by atoms with E-state index in [2.05, 4.69) is 10.6 Å². The van der Waals surface area contributed by atoms with Gasteiger partial charge in [-0.05, 0) is 61.4 Å². The van der Waals surface area contributed by atoms with Crippen molar-refractivity contribution in [3.05, 3.63) is 84.2 Å². The van der Waals surface area contributed by atoms with Gasteiger partial charge in [-0.1, -0.05) is 25.0 Å². The number of nitrogens with zero attached hydrogens (tertiary/aromatic N) is 1. The predicted molar refractivity (Wildman–Crippen MR) is 121 cm³/mol. The zero-order valence-electron chi connectivity index (χ0n) is 17.6. The highest BCUT2D eigenvalue weighted by molar-refractivity contribution is 6.04. The van der Waals surface area contributed by atoms with Crippen molar-refractivity contribution in [3.63, 3.8) is 0 Å². The van der Waals surface area contributed by atoms with Gasteiger partial charge in [0, 0.05) is 24.1 Å². The van der Waals surface area contributed by atoms with Crippen LogP contribution in [0.1, 0.15) is 46.4 Å². The van der Waals surface area contributed by atoms with Crippen LogP contribution < -0.4 is 10.6 Å². The minimum absolute atomic E-state index is 0.177. The van der Waals surface area contributed by atoms with Crippen LogP contribution in [0.3, 0.4) is 0 Å². The van der Waals surface area contributed by atoms with E-state index in [4.69, 9.17) is 4.74 Å². The lowest BCUT2D eigenvalue weighted by Crippen LogP contribution is -2.33. The average molecular weight is 431 g/mol. The van der Waals surface area contributed by atoms with E-state index in [1.54, 1.807) is 48.5 Å². The van der Waals surface area contributed by atoms with Crippen LogP contribution >= 0.6 is 0 Å². The molecule has 0 spiro atoms. The highest BCUT2D eigenvalue weighted by atomic mass is 16.5. The number of benzene rings is 2. The molecule has 1 aromatic heterocycles. The van der Waals surface area contributed by atoms with Crippen LogP contribution in [0.2, 0.25) is 0 Å². The standard InChI is InChI=1S/C25H25N3O4/c29-23(17-32-25(31)18-11-13-20(14-12-18)28-15-5-6-16-28)27-22-10-4-3-9-21(22)24(30)26-19-7-1-2-8-19/h3-6,9-16,19H,1-2,7-8,17H2,(H,26,30)(H,27,29). The fourth-order valence-corrected chi connectivity index (χ4v) is 3.80. The van der Waals surface area contributed by atoms with Crippen LogP contribution in [0.5, 0.6) is 0 Å². The Morgan fingerprint density at radius 2 is 1.59 bits per heavy atom. The second-order valence-corrected chi connectivity index (χ2v) is 7.76. The molecule has 1 fully saturated rings. The smallest absolute Gasteiger partial charge is 0.338 e. The first-order valence-corrected chi connectivity index (χ1v) is 10.7. The maximum atomic E-state index is 12.6. The summed E-state index contributed by atoms with van der Waals surface area (Å²) in [6.45, 7) is -0.448. The van der Waals surface area contributed by atoms with Crippen molar-refractivity contribution in [1.29, 1.82) is 0 Å². The van der Waals surface area contributed by atoms with E-state index in [-0.39, 0.29) is 11.9 Å². The van der Waals surface area contributed by atoms with Gasteiger partial charge in [-0.25, -0.2) is 4.79 Å². The molecule has 0 saturated heterocycles. The molecule has 7 heteroatoms. The summed E-state index contributed by atoms with van der Waals surface area (Å²) in [6.07, 6.45) is 7.99. The fourth-order valence-electron chi connectivity index (χ4n) is 3.80. The average Bonchev–Trinajstić information content (AvgIpc) is 3.52. The summed E-state index contributed by atoms with van der Waals surface area (Å²) in [6, 6.07) is 17.7. The largest absolute Gasteiger partial charge is 0.452 e. The number of aromatic nitrogens is 1. The molecule has 1 saturated carbocycles. The molecular formula is C25H25N3O4. The van der Waals surface area contributed by atoms with Crippen molar-refractivity contribution in [2.45, 2.75) is 31.7 Å². The number of nitrogens with one attached hydrogen (secondary N) is 2. The van der Waals surface area contributed by atoms with Crippen LogP contribution in [0.15, 0.2) is 73.1 Å². The molecule has 0 radical (unpaired) electrons. The molecule has 2 N–H and O–H groups in total. The van der Waals surface area contributed by atoms with Gasteiger partial charge < -0.3 is 19.9 Å². The Hall–Kier alpha value is -3.87. The molecule has 0 unspecified atom stereocenters. The highest BCUT2D eigenvalue weighted by Crippen LogP contribution is 2.20. The van der Waals surface area contributed by atoms with Gasteiger partial charge in [0.05, 0.1) is 16.8 Å². The third kappa shape index (κ3) is 5.24. The molecule has 1 aliphatic rings. The van der Waals surface area contributed by atoms with E-state index in [0.29, 0.717) is 16.8 Å². The van der Waals surface area contributed by atoms with Crippen LogP contribution in [0.25, 0.3) is 5.69 Å². The third-order valence-corrected chi connectivity index (χ3v) is 5.48. The van der Waals surface area contributed by atoms with E-state index >= 15 is 0 Å². The third-order valence-electron chi connectivity index (χ3n) is 5.48. The van der Waals surface area contributed by atoms with Crippen LogP contribution in [0.4, 0.5) is 5.69 Å². The molecule has 3 aromatic rings. The van der Waals surface area contributed by atoms with Crippen molar-refractivity contribution < 1.29 is 19.1 Å². The maximum absolute atomic E-state index is 12.6. The van der Waals surface area contributed by atoms with E-state index < -0.39 is 18.5 Å². The van der Waals surface area contributed by atoms with Crippen LogP contribution in [0, 0.1) is 0 Å². The monoisotopic (exact) mass is 431 g/mol. The van der Waals surface area contributed by atoms with Gasteiger partial charge in [-0.2, -0.15) is 0 Å². The second-order valence-electron chi connectivity index (χ2n) is 7.76. The Bertz CT molecular complexity index is 1080. The summed E-state index contributed by atoms with van der Waals surface area (Å²) < 4.78 is 7.06.